The van der Waals surface area contributed by atoms with Crippen LogP contribution in [0.4, 0.5) is 0 Å². The Morgan fingerprint density at radius 2 is 1.50 bits per heavy atom. The van der Waals surface area contributed by atoms with Gasteiger partial charge in [-0.15, -0.1) is 0 Å². The second-order valence-electron chi connectivity index (χ2n) is 1.17. The van der Waals surface area contributed by atoms with Gasteiger partial charge >= 0.3 is 0 Å². The molecule has 1 radical (unpaired) electrons. The molecule has 1 nitrogen and oxygen atoms in total. The normalized spacial score (nSPS) is 5.83. The van der Waals surface area contributed by atoms with Crippen LogP contribution in [-0.4, -0.2) is 12.8 Å². The van der Waals surface area contributed by atoms with Crippen LogP contribution in [0.2, 0.25) is 0 Å². The summed E-state index contributed by atoms with van der Waals surface area (Å²) in [5.74, 6) is 0. The number of nitrogens with zero attached hydrogens (tertiary/aromatic N) is 1. The van der Waals surface area contributed by atoms with Gasteiger partial charge < -0.3 is 0 Å². The standard InChI is InChI=1S/C4H9N.V/c1-4(2)5-3;/h1-3H3;. The molecule has 6 heavy (non-hydrogen) atoms. The van der Waals surface area contributed by atoms with Crippen molar-refractivity contribution in [3.63, 3.8) is 0 Å². The Hall–Kier alpha value is 0.254. The summed E-state index contributed by atoms with van der Waals surface area (Å²) in [5.41, 5.74) is 1.13. The largest absolute Gasteiger partial charge is 0.298 e. The van der Waals surface area contributed by atoms with E-state index in [0.717, 1.165) is 5.71 Å². The maximum absolute atomic E-state index is 3.81. The Kier molecular flexibility index (Phi) is 8.35. The maximum Gasteiger partial charge on any atom is 0.0276 e. The average Bonchev–Trinajstić information content (AvgIpc) is 1.38. The summed E-state index contributed by atoms with van der Waals surface area (Å²) in [6.45, 7) is 3.94. The van der Waals surface area contributed by atoms with Crippen molar-refractivity contribution in [1.82, 2.24) is 0 Å². The van der Waals surface area contributed by atoms with Crippen LogP contribution in [0.3, 0.4) is 0 Å². The first-order valence-corrected chi connectivity index (χ1v) is 1.67. The molecular weight excluding hydrogens is 113 g/mol. The maximum atomic E-state index is 3.81. The van der Waals surface area contributed by atoms with Crippen molar-refractivity contribution in [2.45, 2.75) is 13.8 Å². The summed E-state index contributed by atoms with van der Waals surface area (Å²) in [7, 11) is 1.79. The zero-order valence-electron chi connectivity index (χ0n) is 4.39. The van der Waals surface area contributed by atoms with Crippen molar-refractivity contribution in [3.05, 3.63) is 0 Å². The van der Waals surface area contributed by atoms with Crippen LogP contribution in [0, 0.1) is 0 Å². The Morgan fingerprint density at radius 3 is 1.50 bits per heavy atom. The summed E-state index contributed by atoms with van der Waals surface area (Å²) in [6, 6.07) is 0. The molecule has 35 valence electrons. The SMILES string of the molecule is CN=C(C)C.[V]. The van der Waals surface area contributed by atoms with E-state index in [1.165, 1.54) is 0 Å². The van der Waals surface area contributed by atoms with Gasteiger partial charge in [-0.1, -0.05) is 0 Å². The van der Waals surface area contributed by atoms with E-state index in [-0.39, 0.29) is 18.6 Å². The van der Waals surface area contributed by atoms with E-state index >= 15 is 0 Å². The predicted molar refractivity (Wildman–Crippen MR) is 24.7 cm³/mol. The number of hydrogen-bond acceptors (Lipinski definition) is 1. The number of rotatable bonds is 0. The second kappa shape index (κ2) is 5.25. The second-order valence-corrected chi connectivity index (χ2v) is 1.17. The third-order valence-corrected chi connectivity index (χ3v) is 0.447. The van der Waals surface area contributed by atoms with Gasteiger partial charge in [0.15, 0.2) is 0 Å². The molecule has 0 rings (SSSR count). The van der Waals surface area contributed by atoms with Crippen molar-refractivity contribution in [2.24, 2.45) is 4.99 Å². The molecule has 0 saturated heterocycles. The van der Waals surface area contributed by atoms with Gasteiger partial charge in [-0.25, -0.2) is 0 Å². The first-order valence-electron chi connectivity index (χ1n) is 1.67. The van der Waals surface area contributed by atoms with Gasteiger partial charge in [-0.05, 0) is 13.8 Å². The van der Waals surface area contributed by atoms with Gasteiger partial charge in [0, 0.05) is 31.3 Å². The van der Waals surface area contributed by atoms with Gasteiger partial charge in [0.05, 0.1) is 0 Å². The van der Waals surface area contributed by atoms with Crippen molar-refractivity contribution in [2.75, 3.05) is 7.05 Å². The Bertz CT molecular complexity index is 45.5. The molecule has 0 amide bonds. The minimum atomic E-state index is 0. The first-order chi connectivity index (χ1) is 2.27. The fourth-order valence-corrected chi connectivity index (χ4v) is 0. The third-order valence-electron chi connectivity index (χ3n) is 0.447. The minimum absolute atomic E-state index is 0. The van der Waals surface area contributed by atoms with E-state index < -0.39 is 0 Å². The van der Waals surface area contributed by atoms with Gasteiger partial charge in [-0.2, -0.15) is 0 Å². The molecule has 0 aliphatic heterocycles. The van der Waals surface area contributed by atoms with Crippen molar-refractivity contribution < 1.29 is 18.6 Å². The third kappa shape index (κ3) is 8.87. The van der Waals surface area contributed by atoms with Gasteiger partial charge in [-0.3, -0.25) is 4.99 Å². The summed E-state index contributed by atoms with van der Waals surface area (Å²) in [4.78, 5) is 3.81. The first kappa shape index (κ1) is 9.54. The molecule has 0 heterocycles. The molecule has 0 bridgehead atoms. The van der Waals surface area contributed by atoms with E-state index in [9.17, 15) is 0 Å². The quantitative estimate of drug-likeness (QED) is 0.426. The number of hydrogen-bond donors (Lipinski definition) is 0. The average molecular weight is 122 g/mol. The molecule has 0 aliphatic carbocycles. The van der Waals surface area contributed by atoms with Gasteiger partial charge in [0.1, 0.15) is 0 Å². The molecule has 0 unspecified atom stereocenters. The van der Waals surface area contributed by atoms with Crippen LogP contribution in [0.15, 0.2) is 4.99 Å². The topological polar surface area (TPSA) is 12.4 Å². The molecule has 0 N–H and O–H groups in total. The molecule has 0 fully saturated rings. The molecular formula is C4H9NV. The van der Waals surface area contributed by atoms with Crippen LogP contribution in [-0.2, 0) is 18.6 Å². The van der Waals surface area contributed by atoms with Crippen molar-refractivity contribution >= 4 is 5.71 Å². The predicted octanol–water partition coefficient (Wildman–Crippen LogP) is 1.09. The molecule has 2 heteroatoms. The van der Waals surface area contributed by atoms with E-state index in [0.29, 0.717) is 0 Å². The van der Waals surface area contributed by atoms with E-state index in [4.69, 9.17) is 0 Å². The molecule has 0 aromatic carbocycles. The van der Waals surface area contributed by atoms with Crippen molar-refractivity contribution in [3.8, 4) is 0 Å². The van der Waals surface area contributed by atoms with E-state index in [2.05, 4.69) is 4.99 Å². The fraction of sp³-hybridized carbons (Fsp3) is 0.750. The summed E-state index contributed by atoms with van der Waals surface area (Å²) in [6.07, 6.45) is 0. The Balaban J connectivity index is 0. The van der Waals surface area contributed by atoms with E-state index in [1.54, 1.807) is 7.05 Å². The number of aliphatic imine (C=N–C) groups is 1. The fourth-order valence-electron chi connectivity index (χ4n) is 0. The van der Waals surface area contributed by atoms with Crippen LogP contribution in [0.5, 0.6) is 0 Å². The van der Waals surface area contributed by atoms with Crippen LogP contribution < -0.4 is 0 Å². The molecule has 0 aliphatic rings. The monoisotopic (exact) mass is 122 g/mol. The minimum Gasteiger partial charge on any atom is -0.298 e. The summed E-state index contributed by atoms with van der Waals surface area (Å²) in [5, 5.41) is 0. The van der Waals surface area contributed by atoms with E-state index in [1.807, 2.05) is 13.8 Å². The summed E-state index contributed by atoms with van der Waals surface area (Å²) >= 11 is 0. The Morgan fingerprint density at radius 1 is 1.33 bits per heavy atom. The van der Waals surface area contributed by atoms with Gasteiger partial charge in [0.25, 0.3) is 0 Å². The Labute approximate surface area is 50.7 Å². The van der Waals surface area contributed by atoms with Crippen LogP contribution in [0.1, 0.15) is 13.8 Å². The summed E-state index contributed by atoms with van der Waals surface area (Å²) < 4.78 is 0. The molecule has 0 aromatic heterocycles. The van der Waals surface area contributed by atoms with Gasteiger partial charge in [0.2, 0.25) is 0 Å². The van der Waals surface area contributed by atoms with Crippen molar-refractivity contribution in [1.29, 1.82) is 0 Å². The zero-order chi connectivity index (χ0) is 4.28. The molecule has 0 spiro atoms. The molecule has 0 atom stereocenters. The smallest absolute Gasteiger partial charge is 0.0276 e. The van der Waals surface area contributed by atoms with Crippen LogP contribution >= 0.6 is 0 Å². The van der Waals surface area contributed by atoms with Crippen LogP contribution in [0.25, 0.3) is 0 Å². The zero-order valence-corrected chi connectivity index (χ0v) is 5.79. The molecule has 0 aromatic rings. The molecule has 0 saturated carbocycles.